The third-order valence-corrected chi connectivity index (χ3v) is 4.28. The molecule has 68 valence electrons. The summed E-state index contributed by atoms with van der Waals surface area (Å²) < 4.78 is 0. The topological polar surface area (TPSA) is 17.1 Å². The smallest absolute Gasteiger partial charge is 0.140 e. The van der Waals surface area contributed by atoms with Crippen molar-refractivity contribution in [1.82, 2.24) is 0 Å². The summed E-state index contributed by atoms with van der Waals surface area (Å²) >= 11 is 0. The van der Waals surface area contributed by atoms with Crippen molar-refractivity contribution in [2.45, 2.75) is 40.5 Å². The van der Waals surface area contributed by atoms with Crippen molar-refractivity contribution in [3.8, 4) is 0 Å². The maximum absolute atomic E-state index is 11.8. The quantitative estimate of drug-likeness (QED) is 0.616. The minimum absolute atomic E-state index is 0.257. The third-order valence-electron chi connectivity index (χ3n) is 4.28. The third kappa shape index (κ3) is 0.826. The molecule has 0 aliphatic heterocycles. The molecular weight excluding hydrogens is 148 g/mol. The van der Waals surface area contributed by atoms with Gasteiger partial charge in [-0.1, -0.05) is 27.7 Å². The van der Waals surface area contributed by atoms with Crippen LogP contribution in [0.4, 0.5) is 0 Å². The molecule has 12 heavy (non-hydrogen) atoms. The Morgan fingerprint density at radius 3 is 1.75 bits per heavy atom. The number of carbonyl (C=O) groups excluding carboxylic acids is 1. The van der Waals surface area contributed by atoms with Crippen LogP contribution in [0.1, 0.15) is 40.5 Å². The molecular formula is C11H18O. The molecule has 0 saturated heterocycles. The fourth-order valence-corrected chi connectivity index (χ4v) is 2.51. The SMILES string of the molecule is CC1(C)C(C(=O)C2CC2)C1(C)C. The number of rotatable bonds is 2. The molecule has 0 bridgehead atoms. The molecule has 0 unspecified atom stereocenters. The molecule has 0 radical (unpaired) electrons. The fraction of sp³-hybridized carbons (Fsp3) is 0.909. The summed E-state index contributed by atoms with van der Waals surface area (Å²) in [5.41, 5.74) is 0.513. The van der Waals surface area contributed by atoms with Crippen molar-refractivity contribution in [2.75, 3.05) is 0 Å². The summed E-state index contributed by atoms with van der Waals surface area (Å²) in [6, 6.07) is 0. The van der Waals surface area contributed by atoms with E-state index < -0.39 is 0 Å². The van der Waals surface area contributed by atoms with Crippen molar-refractivity contribution < 1.29 is 4.79 Å². The Kier molecular flexibility index (Phi) is 1.34. The number of ketones is 1. The van der Waals surface area contributed by atoms with E-state index in [-0.39, 0.29) is 10.8 Å². The van der Waals surface area contributed by atoms with Gasteiger partial charge in [0.15, 0.2) is 0 Å². The van der Waals surface area contributed by atoms with E-state index in [9.17, 15) is 4.79 Å². The van der Waals surface area contributed by atoms with Crippen LogP contribution in [0.5, 0.6) is 0 Å². The highest BCUT2D eigenvalue weighted by Gasteiger charge is 2.68. The van der Waals surface area contributed by atoms with Crippen LogP contribution in [0, 0.1) is 22.7 Å². The molecule has 0 amide bonds. The molecule has 0 aromatic rings. The van der Waals surface area contributed by atoms with E-state index in [1.165, 1.54) is 0 Å². The molecule has 0 N–H and O–H groups in total. The van der Waals surface area contributed by atoms with Gasteiger partial charge in [-0.3, -0.25) is 4.79 Å². The van der Waals surface area contributed by atoms with Crippen LogP contribution in [0.2, 0.25) is 0 Å². The molecule has 0 spiro atoms. The average molecular weight is 166 g/mol. The van der Waals surface area contributed by atoms with Gasteiger partial charge in [-0.25, -0.2) is 0 Å². The molecule has 1 heteroatoms. The van der Waals surface area contributed by atoms with Crippen molar-refractivity contribution in [3.05, 3.63) is 0 Å². The second-order valence-corrected chi connectivity index (χ2v) is 5.55. The standard InChI is InChI=1S/C11H18O/c1-10(2)9(11(10,3)4)8(12)7-5-6-7/h7,9H,5-6H2,1-4H3. The highest BCUT2D eigenvalue weighted by atomic mass is 16.1. The lowest BCUT2D eigenvalue weighted by Crippen LogP contribution is -2.08. The van der Waals surface area contributed by atoms with Crippen LogP contribution in [0.15, 0.2) is 0 Å². The zero-order valence-corrected chi connectivity index (χ0v) is 8.48. The van der Waals surface area contributed by atoms with Crippen LogP contribution in [-0.4, -0.2) is 5.78 Å². The normalized spacial score (nSPS) is 31.7. The predicted molar refractivity (Wildman–Crippen MR) is 48.8 cm³/mol. The Hall–Kier alpha value is -0.330. The molecule has 2 fully saturated rings. The second kappa shape index (κ2) is 1.94. The van der Waals surface area contributed by atoms with Crippen LogP contribution in [0.3, 0.4) is 0 Å². The number of carbonyl (C=O) groups is 1. The number of Topliss-reactive ketones (excluding diaryl/α,β-unsaturated/α-hetero) is 1. The number of hydrogen-bond donors (Lipinski definition) is 0. The van der Waals surface area contributed by atoms with Gasteiger partial charge in [-0.2, -0.15) is 0 Å². The first-order valence-corrected chi connectivity index (χ1v) is 4.93. The van der Waals surface area contributed by atoms with Crippen LogP contribution in [-0.2, 0) is 4.79 Å². The molecule has 0 aromatic heterocycles. The molecule has 1 nitrogen and oxygen atoms in total. The zero-order chi connectivity index (χ0) is 9.15. The van der Waals surface area contributed by atoms with Crippen LogP contribution in [0.25, 0.3) is 0 Å². The molecule has 2 rings (SSSR count). The van der Waals surface area contributed by atoms with Gasteiger partial charge in [0.1, 0.15) is 5.78 Å². The van der Waals surface area contributed by atoms with Gasteiger partial charge in [0.2, 0.25) is 0 Å². The van der Waals surface area contributed by atoms with Crippen molar-refractivity contribution >= 4 is 5.78 Å². The summed E-state index contributed by atoms with van der Waals surface area (Å²) in [5.74, 6) is 1.33. The number of hydrogen-bond acceptors (Lipinski definition) is 1. The van der Waals surface area contributed by atoms with Crippen molar-refractivity contribution in [2.24, 2.45) is 22.7 Å². The molecule has 0 atom stereocenters. The van der Waals surface area contributed by atoms with E-state index >= 15 is 0 Å². The van der Waals surface area contributed by atoms with E-state index in [2.05, 4.69) is 27.7 Å². The van der Waals surface area contributed by atoms with Crippen molar-refractivity contribution in [3.63, 3.8) is 0 Å². The van der Waals surface area contributed by atoms with E-state index in [4.69, 9.17) is 0 Å². The molecule has 2 aliphatic carbocycles. The van der Waals surface area contributed by atoms with Gasteiger partial charge in [0.25, 0.3) is 0 Å². The maximum Gasteiger partial charge on any atom is 0.140 e. The Morgan fingerprint density at radius 2 is 1.50 bits per heavy atom. The highest BCUT2D eigenvalue weighted by Crippen LogP contribution is 2.70. The van der Waals surface area contributed by atoms with E-state index in [1.54, 1.807) is 0 Å². The van der Waals surface area contributed by atoms with Gasteiger partial charge >= 0.3 is 0 Å². The average Bonchev–Trinajstić information content (AvgIpc) is 2.71. The van der Waals surface area contributed by atoms with E-state index in [0.717, 1.165) is 12.8 Å². The van der Waals surface area contributed by atoms with E-state index in [0.29, 0.717) is 17.6 Å². The summed E-state index contributed by atoms with van der Waals surface area (Å²) in [5, 5.41) is 0. The first-order valence-electron chi connectivity index (χ1n) is 4.93. The van der Waals surface area contributed by atoms with Gasteiger partial charge in [-0.15, -0.1) is 0 Å². The van der Waals surface area contributed by atoms with Gasteiger partial charge in [-0.05, 0) is 23.7 Å². The summed E-state index contributed by atoms with van der Waals surface area (Å²) in [4.78, 5) is 11.8. The second-order valence-electron chi connectivity index (χ2n) is 5.55. The van der Waals surface area contributed by atoms with Gasteiger partial charge in [0, 0.05) is 11.8 Å². The Bertz CT molecular complexity index is 219. The Balaban J connectivity index is 2.12. The maximum atomic E-state index is 11.8. The molecule has 0 heterocycles. The fourth-order valence-electron chi connectivity index (χ4n) is 2.51. The summed E-state index contributed by atoms with van der Waals surface area (Å²) in [6.07, 6.45) is 2.31. The van der Waals surface area contributed by atoms with Crippen LogP contribution < -0.4 is 0 Å². The zero-order valence-electron chi connectivity index (χ0n) is 8.48. The van der Waals surface area contributed by atoms with Gasteiger partial charge in [0.05, 0.1) is 0 Å². The minimum Gasteiger partial charge on any atom is -0.299 e. The van der Waals surface area contributed by atoms with Crippen molar-refractivity contribution in [1.29, 1.82) is 0 Å². The van der Waals surface area contributed by atoms with E-state index in [1.807, 2.05) is 0 Å². The molecule has 2 aliphatic rings. The lowest BCUT2D eigenvalue weighted by atomic mass is 10.0. The molecule has 2 saturated carbocycles. The highest BCUT2D eigenvalue weighted by molar-refractivity contribution is 5.89. The first kappa shape index (κ1) is 8.28. The minimum atomic E-state index is 0.257. The Labute approximate surface area is 74.5 Å². The lowest BCUT2D eigenvalue weighted by molar-refractivity contribution is -0.122. The summed E-state index contributed by atoms with van der Waals surface area (Å²) in [7, 11) is 0. The monoisotopic (exact) mass is 166 g/mol. The Morgan fingerprint density at radius 1 is 1.08 bits per heavy atom. The first-order chi connectivity index (χ1) is 5.39. The largest absolute Gasteiger partial charge is 0.299 e. The predicted octanol–water partition coefficient (Wildman–Crippen LogP) is 2.65. The van der Waals surface area contributed by atoms with Gasteiger partial charge < -0.3 is 0 Å². The summed E-state index contributed by atoms with van der Waals surface area (Å²) in [6.45, 7) is 8.88. The molecule has 0 aromatic carbocycles. The lowest BCUT2D eigenvalue weighted by Gasteiger charge is -2.03. The van der Waals surface area contributed by atoms with Crippen LogP contribution >= 0.6 is 0 Å².